The second-order valence-electron chi connectivity index (χ2n) is 3.47. The van der Waals surface area contributed by atoms with E-state index in [1.807, 2.05) is 25.8 Å². The molecule has 2 aromatic rings. The van der Waals surface area contributed by atoms with Crippen LogP contribution in [0.1, 0.15) is 6.42 Å². The fourth-order valence-electron chi connectivity index (χ4n) is 1.49. The predicted octanol–water partition coefficient (Wildman–Crippen LogP) is 0.599. The van der Waals surface area contributed by atoms with E-state index >= 15 is 0 Å². The summed E-state index contributed by atoms with van der Waals surface area (Å²) < 4.78 is 6.34. The topological polar surface area (TPSA) is 26.6 Å². The summed E-state index contributed by atoms with van der Waals surface area (Å²) in [5.41, 5.74) is 0. The van der Waals surface area contributed by atoms with E-state index in [0.717, 1.165) is 19.5 Å². The Morgan fingerprint density at radius 1 is 1.21 bits per heavy atom. The molecule has 0 saturated carbocycles. The molecule has 2 aromatic heterocycles. The molecule has 0 spiro atoms. The van der Waals surface area contributed by atoms with Gasteiger partial charge >= 0.3 is 0 Å². The Morgan fingerprint density at radius 2 is 2.07 bits per heavy atom. The van der Waals surface area contributed by atoms with Gasteiger partial charge in [-0.25, -0.2) is 14.1 Å². The molecule has 0 aliphatic rings. The van der Waals surface area contributed by atoms with Crippen LogP contribution in [-0.2, 0) is 20.1 Å². The van der Waals surface area contributed by atoms with Crippen LogP contribution in [-0.4, -0.2) is 14.1 Å². The average molecular weight is 191 g/mol. The van der Waals surface area contributed by atoms with Crippen molar-refractivity contribution in [1.82, 2.24) is 14.1 Å². The monoisotopic (exact) mass is 191 g/mol. The molecule has 0 aliphatic heterocycles. The van der Waals surface area contributed by atoms with E-state index in [-0.39, 0.29) is 0 Å². The summed E-state index contributed by atoms with van der Waals surface area (Å²) in [5.74, 6) is 0. The molecule has 0 atom stereocenters. The molecule has 0 radical (unpaired) electrons. The lowest BCUT2D eigenvalue weighted by atomic mass is 10.4. The van der Waals surface area contributed by atoms with Crippen molar-refractivity contribution < 1.29 is 4.57 Å². The first-order valence-corrected chi connectivity index (χ1v) is 4.81. The molecule has 4 heteroatoms. The van der Waals surface area contributed by atoms with Gasteiger partial charge in [0, 0.05) is 25.4 Å². The molecule has 0 amide bonds. The van der Waals surface area contributed by atoms with Gasteiger partial charge in [-0.2, -0.15) is 0 Å². The summed E-state index contributed by atoms with van der Waals surface area (Å²) in [5, 5.41) is 0. The Balaban J connectivity index is 1.78. The molecular weight excluding hydrogens is 176 g/mol. The number of imidazole rings is 2. The SMILES string of the molecule is C[n+]1ccn(CCCn2ccnc2)c1. The van der Waals surface area contributed by atoms with Gasteiger partial charge in [-0.1, -0.05) is 0 Å². The standard InChI is InChI=1S/C10H15N4/c1-12-7-8-14(10-12)5-2-4-13-6-3-11-9-13/h3,6-10H,2,4-5H2,1H3/q+1. The first-order chi connectivity index (χ1) is 6.84. The van der Waals surface area contributed by atoms with Gasteiger partial charge < -0.3 is 4.57 Å². The highest BCUT2D eigenvalue weighted by atomic mass is 15.1. The van der Waals surface area contributed by atoms with Gasteiger partial charge in [-0.3, -0.25) is 0 Å². The second-order valence-corrected chi connectivity index (χ2v) is 3.47. The molecule has 0 fully saturated rings. The smallest absolute Gasteiger partial charge is 0.243 e. The minimum Gasteiger partial charge on any atom is -0.337 e. The van der Waals surface area contributed by atoms with E-state index in [1.54, 1.807) is 0 Å². The quantitative estimate of drug-likeness (QED) is 0.650. The normalized spacial score (nSPS) is 10.6. The van der Waals surface area contributed by atoms with Gasteiger partial charge in [0.25, 0.3) is 0 Å². The third kappa shape index (κ3) is 2.22. The molecule has 14 heavy (non-hydrogen) atoms. The van der Waals surface area contributed by atoms with Crippen molar-refractivity contribution in [2.24, 2.45) is 7.05 Å². The molecule has 74 valence electrons. The summed E-state index contributed by atoms with van der Waals surface area (Å²) in [6.07, 6.45) is 13.0. The van der Waals surface area contributed by atoms with Crippen LogP contribution < -0.4 is 4.57 Å². The number of aromatic nitrogens is 4. The molecule has 0 aliphatic carbocycles. The molecule has 2 heterocycles. The fourth-order valence-corrected chi connectivity index (χ4v) is 1.49. The largest absolute Gasteiger partial charge is 0.337 e. The number of rotatable bonds is 4. The van der Waals surface area contributed by atoms with Crippen LogP contribution in [0.3, 0.4) is 0 Å². The van der Waals surface area contributed by atoms with Crippen LogP contribution in [0.25, 0.3) is 0 Å². The van der Waals surface area contributed by atoms with Gasteiger partial charge in [-0.15, -0.1) is 0 Å². The van der Waals surface area contributed by atoms with Crippen molar-refractivity contribution >= 4 is 0 Å². The third-order valence-corrected chi connectivity index (χ3v) is 2.22. The van der Waals surface area contributed by atoms with Crippen LogP contribution in [0.2, 0.25) is 0 Å². The molecule has 0 unspecified atom stereocenters. The molecule has 0 N–H and O–H groups in total. The van der Waals surface area contributed by atoms with Crippen molar-refractivity contribution in [1.29, 1.82) is 0 Å². The van der Waals surface area contributed by atoms with Crippen LogP contribution in [0.4, 0.5) is 0 Å². The average Bonchev–Trinajstić information content (AvgIpc) is 2.77. The van der Waals surface area contributed by atoms with Gasteiger partial charge in [0.1, 0.15) is 12.4 Å². The van der Waals surface area contributed by atoms with E-state index in [0.29, 0.717) is 0 Å². The van der Waals surface area contributed by atoms with Crippen molar-refractivity contribution in [2.45, 2.75) is 19.5 Å². The first kappa shape index (κ1) is 8.99. The molecule has 0 bridgehead atoms. The van der Waals surface area contributed by atoms with E-state index in [1.165, 1.54) is 0 Å². The Labute approximate surface area is 83.4 Å². The molecule has 0 saturated heterocycles. The van der Waals surface area contributed by atoms with E-state index in [4.69, 9.17) is 0 Å². The highest BCUT2D eigenvalue weighted by Gasteiger charge is 1.99. The summed E-state index contributed by atoms with van der Waals surface area (Å²) in [4.78, 5) is 4.00. The van der Waals surface area contributed by atoms with Crippen LogP contribution in [0.5, 0.6) is 0 Å². The summed E-state index contributed by atoms with van der Waals surface area (Å²) in [6, 6.07) is 0. The van der Waals surface area contributed by atoms with Crippen LogP contribution >= 0.6 is 0 Å². The fraction of sp³-hybridized carbons (Fsp3) is 0.400. The maximum atomic E-state index is 4.00. The van der Waals surface area contributed by atoms with Gasteiger partial charge in [0.05, 0.1) is 19.9 Å². The number of hydrogen-bond acceptors (Lipinski definition) is 1. The van der Waals surface area contributed by atoms with Crippen LogP contribution in [0.15, 0.2) is 37.4 Å². The predicted molar refractivity (Wildman–Crippen MR) is 52.5 cm³/mol. The lowest BCUT2D eigenvalue weighted by molar-refractivity contribution is -0.671. The van der Waals surface area contributed by atoms with E-state index < -0.39 is 0 Å². The highest BCUT2D eigenvalue weighted by molar-refractivity contribution is 4.74. The molecule has 4 nitrogen and oxygen atoms in total. The van der Waals surface area contributed by atoms with Crippen molar-refractivity contribution in [2.75, 3.05) is 0 Å². The zero-order chi connectivity index (χ0) is 9.80. The Hall–Kier alpha value is -1.58. The minimum atomic E-state index is 1.03. The summed E-state index contributed by atoms with van der Waals surface area (Å²) in [6.45, 7) is 2.08. The molecular formula is C10H15N4+. The van der Waals surface area contributed by atoms with Crippen molar-refractivity contribution in [3.63, 3.8) is 0 Å². The maximum absolute atomic E-state index is 4.00. The number of nitrogens with zero attached hydrogens (tertiary/aromatic N) is 4. The molecule has 0 aromatic carbocycles. The third-order valence-electron chi connectivity index (χ3n) is 2.22. The number of hydrogen-bond donors (Lipinski definition) is 0. The zero-order valence-corrected chi connectivity index (χ0v) is 8.37. The van der Waals surface area contributed by atoms with E-state index in [9.17, 15) is 0 Å². The van der Waals surface area contributed by atoms with Gasteiger partial charge in [0.15, 0.2) is 0 Å². The van der Waals surface area contributed by atoms with E-state index in [2.05, 4.69) is 37.4 Å². The Kier molecular flexibility index (Phi) is 2.62. The highest BCUT2D eigenvalue weighted by Crippen LogP contribution is 1.94. The summed E-state index contributed by atoms with van der Waals surface area (Å²) >= 11 is 0. The zero-order valence-electron chi connectivity index (χ0n) is 8.37. The van der Waals surface area contributed by atoms with Crippen molar-refractivity contribution in [3.8, 4) is 0 Å². The van der Waals surface area contributed by atoms with Gasteiger partial charge in [-0.05, 0) is 0 Å². The first-order valence-electron chi connectivity index (χ1n) is 4.81. The van der Waals surface area contributed by atoms with Crippen LogP contribution in [0, 0.1) is 0 Å². The Bertz CT molecular complexity index is 374. The summed E-state index contributed by atoms with van der Waals surface area (Å²) in [7, 11) is 2.03. The number of aryl methyl sites for hydroxylation is 3. The Morgan fingerprint density at radius 3 is 2.71 bits per heavy atom. The lowest BCUT2D eigenvalue weighted by Gasteiger charge is -1.99. The van der Waals surface area contributed by atoms with Gasteiger partial charge in [0.2, 0.25) is 6.33 Å². The lowest BCUT2D eigenvalue weighted by Crippen LogP contribution is -2.23. The minimum absolute atomic E-state index is 1.03. The second kappa shape index (κ2) is 4.09. The van der Waals surface area contributed by atoms with Crippen molar-refractivity contribution in [3.05, 3.63) is 37.4 Å². The maximum Gasteiger partial charge on any atom is 0.243 e. The molecule has 2 rings (SSSR count).